The van der Waals surface area contributed by atoms with Crippen molar-refractivity contribution in [2.45, 2.75) is 46.7 Å². The van der Waals surface area contributed by atoms with Gasteiger partial charge in [-0.15, -0.1) is 0 Å². The molecule has 0 saturated carbocycles. The Hall–Kier alpha value is -1.10. The third-order valence-electron chi connectivity index (χ3n) is 2.54. The zero-order chi connectivity index (χ0) is 13.6. The largest absolute Gasteiger partial charge is 0.480 e. The molecule has 0 aromatic rings. The Morgan fingerprint density at radius 2 is 1.71 bits per heavy atom. The van der Waals surface area contributed by atoms with Gasteiger partial charge in [-0.25, -0.2) is 0 Å². The van der Waals surface area contributed by atoms with Crippen LogP contribution in [0.5, 0.6) is 0 Å². The Morgan fingerprint density at radius 1 is 1.18 bits per heavy atom. The molecule has 5 nitrogen and oxygen atoms in total. The van der Waals surface area contributed by atoms with Gasteiger partial charge in [-0.05, 0) is 26.7 Å². The second-order valence-electron chi connectivity index (χ2n) is 4.97. The third kappa shape index (κ3) is 6.26. The molecule has 0 bridgehead atoms. The minimum atomic E-state index is -0.915. The van der Waals surface area contributed by atoms with Crippen molar-refractivity contribution >= 4 is 11.9 Å². The van der Waals surface area contributed by atoms with Crippen LogP contribution in [-0.4, -0.2) is 47.1 Å². The van der Waals surface area contributed by atoms with Crippen LogP contribution in [0.25, 0.3) is 0 Å². The highest BCUT2D eigenvalue weighted by atomic mass is 16.4. The molecule has 5 heteroatoms. The molecule has 0 aliphatic heterocycles. The SMILES string of the molecule is CC(C)CNC(=O)C(C)N(CC(=O)O)C(C)C. The average Bonchev–Trinajstić information content (AvgIpc) is 2.20. The Balaban J connectivity index is 4.44. The van der Waals surface area contributed by atoms with Crippen LogP contribution in [0.15, 0.2) is 0 Å². The van der Waals surface area contributed by atoms with Crippen LogP contribution >= 0.6 is 0 Å². The Labute approximate surface area is 103 Å². The normalized spacial score (nSPS) is 13.2. The van der Waals surface area contributed by atoms with E-state index in [1.54, 1.807) is 11.8 Å². The molecular formula is C12H24N2O3. The number of amides is 1. The average molecular weight is 244 g/mol. The number of rotatable bonds is 7. The number of carbonyl (C=O) groups is 2. The van der Waals surface area contributed by atoms with Crippen molar-refractivity contribution in [1.29, 1.82) is 0 Å². The summed E-state index contributed by atoms with van der Waals surface area (Å²) in [4.78, 5) is 24.2. The van der Waals surface area contributed by atoms with E-state index in [-0.39, 0.29) is 18.5 Å². The zero-order valence-corrected chi connectivity index (χ0v) is 11.4. The minimum Gasteiger partial charge on any atom is -0.480 e. The number of aliphatic carboxylic acids is 1. The smallest absolute Gasteiger partial charge is 0.317 e. The second-order valence-corrected chi connectivity index (χ2v) is 4.97. The number of carboxylic acid groups (broad SMARTS) is 1. The number of nitrogens with one attached hydrogen (secondary N) is 1. The molecule has 1 unspecified atom stereocenters. The molecule has 0 rings (SSSR count). The summed E-state index contributed by atoms with van der Waals surface area (Å²) in [6.07, 6.45) is 0. The van der Waals surface area contributed by atoms with Crippen LogP contribution < -0.4 is 5.32 Å². The lowest BCUT2D eigenvalue weighted by molar-refractivity contribution is -0.140. The molecule has 0 aliphatic carbocycles. The van der Waals surface area contributed by atoms with E-state index in [9.17, 15) is 9.59 Å². The van der Waals surface area contributed by atoms with Gasteiger partial charge in [-0.1, -0.05) is 13.8 Å². The van der Waals surface area contributed by atoms with Gasteiger partial charge in [0, 0.05) is 12.6 Å². The fourth-order valence-electron chi connectivity index (χ4n) is 1.53. The molecule has 1 atom stereocenters. The molecule has 0 fully saturated rings. The van der Waals surface area contributed by atoms with Gasteiger partial charge >= 0.3 is 5.97 Å². The van der Waals surface area contributed by atoms with Crippen LogP contribution in [-0.2, 0) is 9.59 Å². The lowest BCUT2D eigenvalue weighted by Crippen LogP contribution is -2.50. The standard InChI is InChI=1S/C12H24N2O3/c1-8(2)6-13-12(17)10(5)14(9(3)4)7-11(15)16/h8-10H,6-7H2,1-5H3,(H,13,17)(H,15,16). The fraction of sp³-hybridized carbons (Fsp3) is 0.833. The number of carboxylic acids is 1. The van der Waals surface area contributed by atoms with Gasteiger partial charge < -0.3 is 10.4 Å². The summed E-state index contributed by atoms with van der Waals surface area (Å²) in [5, 5.41) is 11.6. The molecule has 17 heavy (non-hydrogen) atoms. The summed E-state index contributed by atoms with van der Waals surface area (Å²) in [5.41, 5.74) is 0. The van der Waals surface area contributed by atoms with E-state index < -0.39 is 12.0 Å². The molecule has 0 heterocycles. The van der Waals surface area contributed by atoms with Gasteiger partial charge in [0.2, 0.25) is 5.91 Å². The summed E-state index contributed by atoms with van der Waals surface area (Å²) in [6, 6.07) is -0.407. The maximum Gasteiger partial charge on any atom is 0.317 e. The lowest BCUT2D eigenvalue weighted by Gasteiger charge is -2.30. The summed E-state index contributed by atoms with van der Waals surface area (Å²) in [5.74, 6) is -0.644. The molecule has 1 amide bonds. The molecule has 0 saturated heterocycles. The highest BCUT2D eigenvalue weighted by Gasteiger charge is 2.25. The summed E-state index contributed by atoms with van der Waals surface area (Å²) >= 11 is 0. The van der Waals surface area contributed by atoms with Crippen molar-refractivity contribution in [3.63, 3.8) is 0 Å². The Kier molecular flexibility index (Phi) is 6.80. The van der Waals surface area contributed by atoms with Gasteiger partial charge in [-0.2, -0.15) is 0 Å². The quantitative estimate of drug-likeness (QED) is 0.699. The van der Waals surface area contributed by atoms with E-state index >= 15 is 0 Å². The monoisotopic (exact) mass is 244 g/mol. The van der Waals surface area contributed by atoms with Gasteiger partial charge in [0.15, 0.2) is 0 Å². The Bertz CT molecular complexity index is 264. The first-order valence-electron chi connectivity index (χ1n) is 6.01. The zero-order valence-electron chi connectivity index (χ0n) is 11.4. The second kappa shape index (κ2) is 7.27. The third-order valence-corrected chi connectivity index (χ3v) is 2.54. The fourth-order valence-corrected chi connectivity index (χ4v) is 1.53. The van der Waals surface area contributed by atoms with Gasteiger partial charge in [0.05, 0.1) is 12.6 Å². The maximum atomic E-state index is 11.8. The maximum absolute atomic E-state index is 11.8. The van der Waals surface area contributed by atoms with Crippen LogP contribution in [0, 0.1) is 5.92 Å². The molecule has 100 valence electrons. The summed E-state index contributed by atoms with van der Waals surface area (Å²) in [6.45, 7) is 10.0. The predicted molar refractivity (Wildman–Crippen MR) is 66.8 cm³/mol. The summed E-state index contributed by atoms with van der Waals surface area (Å²) < 4.78 is 0. The topological polar surface area (TPSA) is 69.6 Å². The van der Waals surface area contributed by atoms with E-state index in [1.807, 2.05) is 27.7 Å². The Morgan fingerprint density at radius 3 is 2.06 bits per heavy atom. The molecule has 0 aromatic heterocycles. The van der Waals surface area contributed by atoms with Crippen molar-refractivity contribution in [2.24, 2.45) is 5.92 Å². The van der Waals surface area contributed by atoms with Gasteiger partial charge in [-0.3, -0.25) is 14.5 Å². The molecule has 0 aliphatic rings. The van der Waals surface area contributed by atoms with Gasteiger partial charge in [0.25, 0.3) is 0 Å². The van der Waals surface area contributed by atoms with Crippen molar-refractivity contribution in [3.8, 4) is 0 Å². The van der Waals surface area contributed by atoms with E-state index in [0.717, 1.165) is 0 Å². The number of nitrogens with zero attached hydrogens (tertiary/aromatic N) is 1. The molecular weight excluding hydrogens is 220 g/mol. The van der Waals surface area contributed by atoms with E-state index in [1.165, 1.54) is 0 Å². The highest BCUT2D eigenvalue weighted by Crippen LogP contribution is 2.05. The van der Waals surface area contributed by atoms with Crippen LogP contribution in [0.2, 0.25) is 0 Å². The van der Waals surface area contributed by atoms with Crippen LogP contribution in [0.4, 0.5) is 0 Å². The molecule has 0 aromatic carbocycles. The molecule has 2 N–H and O–H groups in total. The first-order chi connectivity index (χ1) is 7.75. The predicted octanol–water partition coefficient (Wildman–Crippen LogP) is 0.942. The lowest BCUT2D eigenvalue weighted by atomic mass is 10.2. The first-order valence-corrected chi connectivity index (χ1v) is 6.01. The van der Waals surface area contributed by atoms with Crippen molar-refractivity contribution in [3.05, 3.63) is 0 Å². The van der Waals surface area contributed by atoms with Crippen molar-refractivity contribution in [1.82, 2.24) is 10.2 Å². The van der Waals surface area contributed by atoms with Crippen molar-refractivity contribution < 1.29 is 14.7 Å². The molecule has 0 spiro atoms. The number of hydrogen-bond donors (Lipinski definition) is 2. The number of carbonyl (C=O) groups excluding carboxylic acids is 1. The number of hydrogen-bond acceptors (Lipinski definition) is 3. The van der Waals surface area contributed by atoms with Crippen LogP contribution in [0.1, 0.15) is 34.6 Å². The van der Waals surface area contributed by atoms with E-state index in [0.29, 0.717) is 12.5 Å². The first kappa shape index (κ1) is 15.9. The minimum absolute atomic E-state index is 0.0194. The van der Waals surface area contributed by atoms with Gasteiger partial charge in [0.1, 0.15) is 0 Å². The van der Waals surface area contributed by atoms with Crippen LogP contribution in [0.3, 0.4) is 0 Å². The van der Waals surface area contributed by atoms with E-state index in [4.69, 9.17) is 5.11 Å². The summed E-state index contributed by atoms with van der Waals surface area (Å²) in [7, 11) is 0. The van der Waals surface area contributed by atoms with E-state index in [2.05, 4.69) is 5.32 Å². The van der Waals surface area contributed by atoms with Crippen molar-refractivity contribution in [2.75, 3.05) is 13.1 Å². The highest BCUT2D eigenvalue weighted by molar-refractivity contribution is 5.82. The molecule has 0 radical (unpaired) electrons.